The van der Waals surface area contributed by atoms with Crippen LogP contribution in [0.15, 0.2) is 36.4 Å². The van der Waals surface area contributed by atoms with E-state index in [0.29, 0.717) is 36.2 Å². The lowest BCUT2D eigenvalue weighted by molar-refractivity contribution is 0.0697. The predicted molar refractivity (Wildman–Crippen MR) is 90.6 cm³/mol. The highest BCUT2D eigenvalue weighted by Gasteiger charge is 2.40. The van der Waals surface area contributed by atoms with Gasteiger partial charge in [-0.3, -0.25) is 0 Å². The number of ether oxygens (including phenoxy) is 2. The first kappa shape index (κ1) is 15.1. The van der Waals surface area contributed by atoms with Gasteiger partial charge in [0.05, 0.1) is 29.9 Å². The van der Waals surface area contributed by atoms with Crippen LogP contribution in [0.3, 0.4) is 0 Å². The lowest BCUT2D eigenvalue weighted by Gasteiger charge is -2.37. The Morgan fingerprint density at radius 3 is 2.88 bits per heavy atom. The zero-order chi connectivity index (χ0) is 16.7. The Morgan fingerprint density at radius 1 is 1.17 bits per heavy atom. The van der Waals surface area contributed by atoms with Gasteiger partial charge in [0.15, 0.2) is 0 Å². The summed E-state index contributed by atoms with van der Waals surface area (Å²) in [5.41, 5.74) is 1.77. The Morgan fingerprint density at radius 2 is 2.04 bits per heavy atom. The number of fused-ring (bicyclic) bond motifs is 3. The van der Waals surface area contributed by atoms with Gasteiger partial charge < -0.3 is 19.9 Å². The van der Waals surface area contributed by atoms with Crippen LogP contribution in [0, 0.1) is 0 Å². The fraction of sp³-hybridized carbons (Fsp3) is 0.278. The molecular weight excluding hydrogens is 330 g/mol. The number of nitrogens with one attached hydrogen (secondary N) is 1. The Bertz CT molecular complexity index is 823. The number of carbonyl (C=O) groups is 1. The van der Waals surface area contributed by atoms with Crippen LogP contribution in [-0.4, -0.2) is 30.8 Å². The molecule has 0 unspecified atom stereocenters. The molecule has 24 heavy (non-hydrogen) atoms. The predicted octanol–water partition coefficient (Wildman–Crippen LogP) is 3.56. The molecule has 124 valence electrons. The third-order valence-electron chi connectivity index (χ3n) is 4.70. The van der Waals surface area contributed by atoms with E-state index in [2.05, 4.69) is 5.32 Å². The average molecular weight is 346 g/mol. The summed E-state index contributed by atoms with van der Waals surface area (Å²) in [5.74, 6) is 0.500. The number of benzene rings is 2. The average Bonchev–Trinajstić information content (AvgIpc) is 2.75. The van der Waals surface area contributed by atoms with E-state index in [9.17, 15) is 4.79 Å². The maximum Gasteiger partial charge on any atom is 0.335 e. The fourth-order valence-electron chi connectivity index (χ4n) is 3.34. The molecule has 0 aliphatic carbocycles. The van der Waals surface area contributed by atoms with Gasteiger partial charge in [-0.25, -0.2) is 4.79 Å². The molecule has 2 aromatic carbocycles. The molecular formula is C18H16ClNO4. The SMILES string of the molecule is O=C(O)c1ccc2c(c1)NC[C@@]1(CCOc3cc(Cl)ccc31)CO2. The number of rotatable bonds is 1. The quantitative estimate of drug-likeness (QED) is 0.827. The topological polar surface area (TPSA) is 67.8 Å². The highest BCUT2D eigenvalue weighted by Crippen LogP contribution is 2.43. The highest BCUT2D eigenvalue weighted by atomic mass is 35.5. The minimum atomic E-state index is -0.954. The van der Waals surface area contributed by atoms with Gasteiger partial charge in [0.25, 0.3) is 0 Å². The number of halogens is 1. The maximum absolute atomic E-state index is 11.2. The van der Waals surface area contributed by atoms with E-state index in [1.807, 2.05) is 18.2 Å². The first-order valence-electron chi connectivity index (χ1n) is 7.74. The van der Waals surface area contributed by atoms with Gasteiger partial charge in [-0.15, -0.1) is 0 Å². The van der Waals surface area contributed by atoms with Gasteiger partial charge in [-0.2, -0.15) is 0 Å². The van der Waals surface area contributed by atoms with E-state index >= 15 is 0 Å². The molecule has 1 atom stereocenters. The molecule has 2 aliphatic rings. The van der Waals surface area contributed by atoms with Crippen molar-refractivity contribution >= 4 is 23.3 Å². The van der Waals surface area contributed by atoms with Crippen molar-refractivity contribution in [2.45, 2.75) is 11.8 Å². The van der Waals surface area contributed by atoms with Crippen LogP contribution in [0.1, 0.15) is 22.3 Å². The van der Waals surface area contributed by atoms with E-state index in [-0.39, 0.29) is 11.0 Å². The van der Waals surface area contributed by atoms with Crippen molar-refractivity contribution in [2.75, 3.05) is 25.1 Å². The van der Waals surface area contributed by atoms with Crippen molar-refractivity contribution in [2.24, 2.45) is 0 Å². The van der Waals surface area contributed by atoms with Crippen LogP contribution >= 0.6 is 11.6 Å². The summed E-state index contributed by atoms with van der Waals surface area (Å²) in [6.45, 7) is 1.73. The van der Waals surface area contributed by atoms with Crippen LogP contribution in [0.5, 0.6) is 11.5 Å². The van der Waals surface area contributed by atoms with E-state index in [1.54, 1.807) is 18.2 Å². The van der Waals surface area contributed by atoms with E-state index in [1.165, 1.54) is 0 Å². The van der Waals surface area contributed by atoms with Crippen LogP contribution in [-0.2, 0) is 5.41 Å². The molecule has 0 aromatic heterocycles. The summed E-state index contributed by atoms with van der Waals surface area (Å²) < 4.78 is 11.8. The molecule has 2 heterocycles. The number of anilines is 1. The second-order valence-corrected chi connectivity index (χ2v) is 6.61. The van der Waals surface area contributed by atoms with Crippen molar-refractivity contribution < 1.29 is 19.4 Å². The van der Waals surface area contributed by atoms with Crippen LogP contribution in [0.2, 0.25) is 5.02 Å². The monoisotopic (exact) mass is 345 g/mol. The standard InChI is InChI=1S/C18H16ClNO4/c19-12-2-3-13-16(8-12)23-6-5-18(13)9-20-14-7-11(17(21)22)1-4-15(14)24-10-18/h1-4,7-8,20H,5-6,9-10H2,(H,21,22)/t18-/m0/s1. The number of aromatic carboxylic acids is 1. The molecule has 5 nitrogen and oxygen atoms in total. The molecule has 0 radical (unpaired) electrons. The molecule has 4 rings (SSSR count). The van der Waals surface area contributed by atoms with Gasteiger partial charge in [0.2, 0.25) is 0 Å². The van der Waals surface area contributed by atoms with Crippen LogP contribution in [0.4, 0.5) is 5.69 Å². The second-order valence-electron chi connectivity index (χ2n) is 6.18. The zero-order valence-corrected chi connectivity index (χ0v) is 13.6. The summed E-state index contributed by atoms with van der Waals surface area (Å²) in [7, 11) is 0. The van der Waals surface area contributed by atoms with E-state index in [0.717, 1.165) is 17.7 Å². The van der Waals surface area contributed by atoms with Gasteiger partial charge in [0.1, 0.15) is 11.5 Å². The molecule has 2 aromatic rings. The largest absolute Gasteiger partial charge is 0.493 e. The van der Waals surface area contributed by atoms with Gasteiger partial charge in [0, 0.05) is 17.1 Å². The molecule has 2 N–H and O–H groups in total. The van der Waals surface area contributed by atoms with Crippen LogP contribution in [0.25, 0.3) is 0 Å². The maximum atomic E-state index is 11.2. The molecule has 0 bridgehead atoms. The smallest absolute Gasteiger partial charge is 0.335 e. The third kappa shape index (κ3) is 2.45. The van der Waals surface area contributed by atoms with Gasteiger partial charge >= 0.3 is 5.97 Å². The summed E-state index contributed by atoms with van der Waals surface area (Å²) >= 11 is 6.07. The first-order chi connectivity index (χ1) is 11.6. The summed E-state index contributed by atoms with van der Waals surface area (Å²) in [4.78, 5) is 11.2. The van der Waals surface area contributed by atoms with Crippen molar-refractivity contribution in [3.8, 4) is 11.5 Å². The Kier molecular flexibility index (Phi) is 3.53. The summed E-state index contributed by atoms with van der Waals surface area (Å²) in [5, 5.41) is 13.2. The lowest BCUT2D eigenvalue weighted by Crippen LogP contribution is -2.43. The minimum absolute atomic E-state index is 0.236. The molecule has 0 amide bonds. The second kappa shape index (κ2) is 5.60. The molecule has 0 fully saturated rings. The van der Waals surface area contributed by atoms with Crippen molar-refractivity contribution in [1.29, 1.82) is 0 Å². The first-order valence-corrected chi connectivity index (χ1v) is 8.12. The Labute approximate surface area is 144 Å². The molecule has 0 saturated heterocycles. The minimum Gasteiger partial charge on any atom is -0.493 e. The molecule has 0 saturated carbocycles. The number of carboxylic acid groups (broad SMARTS) is 1. The molecule has 6 heteroatoms. The summed E-state index contributed by atoms with van der Waals surface area (Å²) in [6.07, 6.45) is 0.814. The third-order valence-corrected chi connectivity index (χ3v) is 4.94. The molecule has 2 aliphatic heterocycles. The van der Waals surface area contributed by atoms with Crippen LogP contribution < -0.4 is 14.8 Å². The summed E-state index contributed by atoms with van der Waals surface area (Å²) in [6, 6.07) is 10.5. The van der Waals surface area contributed by atoms with Gasteiger partial charge in [-0.1, -0.05) is 17.7 Å². The normalized spacial score (nSPS) is 21.5. The number of hydrogen-bond donors (Lipinski definition) is 2. The van der Waals surface area contributed by atoms with Gasteiger partial charge in [-0.05, 0) is 36.8 Å². The fourth-order valence-corrected chi connectivity index (χ4v) is 3.50. The highest BCUT2D eigenvalue weighted by molar-refractivity contribution is 6.30. The number of carboxylic acids is 1. The lowest BCUT2D eigenvalue weighted by atomic mass is 9.76. The zero-order valence-electron chi connectivity index (χ0n) is 12.8. The van der Waals surface area contributed by atoms with E-state index in [4.69, 9.17) is 26.2 Å². The van der Waals surface area contributed by atoms with Crippen molar-refractivity contribution in [3.63, 3.8) is 0 Å². The van der Waals surface area contributed by atoms with Crippen molar-refractivity contribution in [1.82, 2.24) is 0 Å². The Balaban J connectivity index is 1.70. The van der Waals surface area contributed by atoms with Crippen molar-refractivity contribution in [3.05, 3.63) is 52.5 Å². The Hall–Kier alpha value is -2.40. The van der Waals surface area contributed by atoms with E-state index < -0.39 is 5.97 Å². The number of hydrogen-bond acceptors (Lipinski definition) is 4. The molecule has 1 spiro atoms.